The lowest BCUT2D eigenvalue weighted by molar-refractivity contribution is -0.00170. The first-order valence-electron chi connectivity index (χ1n) is 11.9. The number of fused-ring (bicyclic) bond motifs is 1. The van der Waals surface area contributed by atoms with Crippen LogP contribution in [-0.4, -0.2) is 37.5 Å². The molecular formula is C25H33FN2O4S. The molecule has 2 aromatic rings. The molecular weight excluding hydrogens is 443 g/mol. The minimum atomic E-state index is -3.41. The highest BCUT2D eigenvalue weighted by Gasteiger charge is 2.34. The summed E-state index contributed by atoms with van der Waals surface area (Å²) in [6.45, 7) is 3.67. The summed E-state index contributed by atoms with van der Waals surface area (Å²) in [7, 11) is -3.41. The standard InChI is InChI=1S/C25H33FN2O4S/c1-3-33(30,31)27-23-14-11-21-10-7-17(2)25(29)28(21)24(23)16-32-22-12-8-18(9-13-22)19-5-4-6-20(26)15-19/h4-7,10,15,18,22-24,27H,3,8-9,11-14,16H2,1-2H3/t18?,22?,23-,24-/m0/s1. The summed E-state index contributed by atoms with van der Waals surface area (Å²) in [5.74, 6) is 0.116. The lowest BCUT2D eigenvalue weighted by Gasteiger charge is -2.37. The molecule has 1 saturated carbocycles. The zero-order valence-electron chi connectivity index (χ0n) is 19.3. The molecule has 1 aliphatic heterocycles. The first-order valence-corrected chi connectivity index (χ1v) is 13.5. The van der Waals surface area contributed by atoms with Crippen molar-refractivity contribution in [1.29, 1.82) is 0 Å². The van der Waals surface area contributed by atoms with E-state index in [2.05, 4.69) is 4.72 Å². The summed E-state index contributed by atoms with van der Waals surface area (Å²) in [6, 6.07) is 9.83. The van der Waals surface area contributed by atoms with Crippen LogP contribution in [0.1, 0.15) is 67.8 Å². The van der Waals surface area contributed by atoms with Gasteiger partial charge in [0.25, 0.3) is 5.56 Å². The molecule has 0 unspecified atom stereocenters. The SMILES string of the molecule is CCS(=O)(=O)N[C@H]1CCc2ccc(C)c(=O)n2[C@H]1COC1CCC(c2cccc(F)c2)CC1. The molecule has 8 heteroatoms. The molecule has 1 aliphatic carbocycles. The van der Waals surface area contributed by atoms with E-state index >= 15 is 0 Å². The smallest absolute Gasteiger partial charge is 0.254 e. The van der Waals surface area contributed by atoms with Crippen molar-refractivity contribution in [3.8, 4) is 0 Å². The van der Waals surface area contributed by atoms with Gasteiger partial charge in [0.15, 0.2) is 0 Å². The van der Waals surface area contributed by atoms with Gasteiger partial charge in [0.05, 0.1) is 24.5 Å². The fraction of sp³-hybridized carbons (Fsp3) is 0.560. The number of hydrogen-bond donors (Lipinski definition) is 1. The van der Waals surface area contributed by atoms with Crippen molar-refractivity contribution in [3.63, 3.8) is 0 Å². The fourth-order valence-electron chi connectivity index (χ4n) is 5.14. The number of nitrogens with one attached hydrogen (secondary N) is 1. The average Bonchev–Trinajstić information content (AvgIpc) is 2.81. The second kappa shape index (κ2) is 10.1. The van der Waals surface area contributed by atoms with Gasteiger partial charge in [0.2, 0.25) is 10.0 Å². The van der Waals surface area contributed by atoms with Crippen molar-refractivity contribution in [2.24, 2.45) is 0 Å². The van der Waals surface area contributed by atoms with Crippen molar-refractivity contribution in [1.82, 2.24) is 9.29 Å². The van der Waals surface area contributed by atoms with Crippen molar-refractivity contribution < 1.29 is 17.5 Å². The average molecular weight is 477 g/mol. The Morgan fingerprint density at radius 1 is 1.12 bits per heavy atom. The van der Waals surface area contributed by atoms with Gasteiger partial charge >= 0.3 is 0 Å². The third-order valence-corrected chi connectivity index (χ3v) is 8.53. The highest BCUT2D eigenvalue weighted by molar-refractivity contribution is 7.89. The van der Waals surface area contributed by atoms with Crippen molar-refractivity contribution >= 4 is 10.0 Å². The maximum Gasteiger partial charge on any atom is 0.254 e. The van der Waals surface area contributed by atoms with Crippen LogP contribution >= 0.6 is 0 Å². The summed E-state index contributed by atoms with van der Waals surface area (Å²) in [5, 5.41) is 0. The normalized spacial score (nSPS) is 25.5. The zero-order chi connectivity index (χ0) is 23.6. The van der Waals surface area contributed by atoms with Gasteiger partial charge in [-0.25, -0.2) is 17.5 Å². The van der Waals surface area contributed by atoms with Crippen LogP contribution in [0.15, 0.2) is 41.2 Å². The van der Waals surface area contributed by atoms with Crippen LogP contribution in [0, 0.1) is 12.7 Å². The Labute approximate surface area is 195 Å². The van der Waals surface area contributed by atoms with Crippen LogP contribution in [0.2, 0.25) is 0 Å². The van der Waals surface area contributed by atoms with Gasteiger partial charge < -0.3 is 9.30 Å². The molecule has 2 heterocycles. The number of hydrogen-bond acceptors (Lipinski definition) is 4. The number of ether oxygens (including phenoxy) is 1. The second-order valence-corrected chi connectivity index (χ2v) is 11.3. The Morgan fingerprint density at radius 2 is 1.88 bits per heavy atom. The van der Waals surface area contributed by atoms with Crippen molar-refractivity contribution in [2.45, 2.75) is 76.5 Å². The fourth-order valence-corrected chi connectivity index (χ4v) is 6.04. The van der Waals surface area contributed by atoms with Gasteiger partial charge in [-0.3, -0.25) is 4.79 Å². The van der Waals surface area contributed by atoms with Crippen LogP contribution in [0.4, 0.5) is 4.39 Å². The van der Waals surface area contributed by atoms with E-state index in [1.54, 1.807) is 30.5 Å². The molecule has 2 aliphatic rings. The Balaban J connectivity index is 1.47. The van der Waals surface area contributed by atoms with Crippen LogP contribution in [0.5, 0.6) is 0 Å². The number of nitrogens with zero attached hydrogens (tertiary/aromatic N) is 1. The molecule has 0 amide bonds. The van der Waals surface area contributed by atoms with Crippen LogP contribution in [0.25, 0.3) is 0 Å². The van der Waals surface area contributed by atoms with Crippen molar-refractivity contribution in [2.75, 3.05) is 12.4 Å². The van der Waals surface area contributed by atoms with Crippen molar-refractivity contribution in [3.05, 3.63) is 69.4 Å². The predicted octanol–water partition coefficient (Wildman–Crippen LogP) is 3.83. The van der Waals surface area contributed by atoms with E-state index in [0.29, 0.717) is 24.3 Å². The minimum absolute atomic E-state index is 0.00323. The summed E-state index contributed by atoms with van der Waals surface area (Å²) in [6.07, 6.45) is 4.86. The van der Waals surface area contributed by atoms with Gasteiger partial charge in [0.1, 0.15) is 5.82 Å². The number of halogens is 1. The molecule has 180 valence electrons. The van der Waals surface area contributed by atoms with E-state index in [1.807, 2.05) is 18.2 Å². The number of aromatic nitrogens is 1. The molecule has 2 atom stereocenters. The highest BCUT2D eigenvalue weighted by Crippen LogP contribution is 2.35. The van der Waals surface area contributed by atoms with E-state index in [0.717, 1.165) is 36.9 Å². The quantitative estimate of drug-likeness (QED) is 0.659. The third-order valence-electron chi connectivity index (χ3n) is 7.11. The third kappa shape index (κ3) is 5.55. The molecule has 1 fully saturated rings. The van der Waals surface area contributed by atoms with Crippen LogP contribution in [0.3, 0.4) is 0 Å². The first kappa shape index (κ1) is 24.1. The monoisotopic (exact) mass is 476 g/mol. The molecule has 1 N–H and O–H groups in total. The second-order valence-electron chi connectivity index (χ2n) is 9.28. The summed E-state index contributed by atoms with van der Waals surface area (Å²) >= 11 is 0. The lowest BCUT2D eigenvalue weighted by atomic mass is 9.82. The summed E-state index contributed by atoms with van der Waals surface area (Å²) in [4.78, 5) is 13.0. The number of sulfonamides is 1. The Kier molecular flexibility index (Phi) is 7.36. The predicted molar refractivity (Wildman–Crippen MR) is 127 cm³/mol. The van der Waals surface area contributed by atoms with Gasteiger partial charge in [0, 0.05) is 17.3 Å². The maximum absolute atomic E-state index is 13.6. The molecule has 33 heavy (non-hydrogen) atoms. The minimum Gasteiger partial charge on any atom is -0.376 e. The van der Waals surface area contributed by atoms with Crippen LogP contribution < -0.4 is 10.3 Å². The van der Waals surface area contributed by atoms with Gasteiger partial charge in [-0.15, -0.1) is 0 Å². The van der Waals surface area contributed by atoms with E-state index in [-0.39, 0.29) is 41.9 Å². The number of rotatable bonds is 7. The molecule has 4 rings (SSSR count). The lowest BCUT2D eigenvalue weighted by Crippen LogP contribution is -2.50. The number of aryl methyl sites for hydroxylation is 2. The van der Waals surface area contributed by atoms with Gasteiger partial charge in [-0.1, -0.05) is 18.2 Å². The number of benzene rings is 1. The molecule has 0 spiro atoms. The molecule has 1 aromatic heterocycles. The molecule has 0 radical (unpaired) electrons. The zero-order valence-corrected chi connectivity index (χ0v) is 20.1. The Hall–Kier alpha value is -2.03. The summed E-state index contributed by atoms with van der Waals surface area (Å²) < 4.78 is 49.0. The summed E-state index contributed by atoms with van der Waals surface area (Å²) in [5.41, 5.74) is 2.50. The molecule has 0 bridgehead atoms. The number of pyridine rings is 1. The Morgan fingerprint density at radius 3 is 2.58 bits per heavy atom. The van der Waals surface area contributed by atoms with Gasteiger partial charge in [-0.2, -0.15) is 0 Å². The topological polar surface area (TPSA) is 77.4 Å². The molecule has 1 aromatic carbocycles. The Bertz CT molecular complexity index is 1140. The van der Waals surface area contributed by atoms with Gasteiger partial charge in [-0.05, 0) is 82.1 Å². The maximum atomic E-state index is 13.6. The molecule has 0 saturated heterocycles. The first-order chi connectivity index (χ1) is 15.8. The largest absolute Gasteiger partial charge is 0.376 e. The van der Waals surface area contributed by atoms with E-state index < -0.39 is 10.0 Å². The highest BCUT2D eigenvalue weighted by atomic mass is 32.2. The van der Waals surface area contributed by atoms with E-state index in [1.165, 1.54) is 6.07 Å². The van der Waals surface area contributed by atoms with E-state index in [9.17, 15) is 17.6 Å². The molecule has 6 nitrogen and oxygen atoms in total. The van der Waals surface area contributed by atoms with Crippen LogP contribution in [-0.2, 0) is 21.2 Å². The van der Waals surface area contributed by atoms with E-state index in [4.69, 9.17) is 4.74 Å².